The summed E-state index contributed by atoms with van der Waals surface area (Å²) in [5.74, 6) is 2.44. The topological polar surface area (TPSA) is 25.8 Å². The third-order valence-corrected chi connectivity index (χ3v) is 7.31. The Labute approximate surface area is 186 Å². The lowest BCUT2D eigenvalue weighted by atomic mass is 9.77. The molecule has 0 bridgehead atoms. The van der Waals surface area contributed by atoms with E-state index in [9.17, 15) is 0 Å². The van der Waals surface area contributed by atoms with Crippen molar-refractivity contribution in [2.45, 2.75) is 96.8 Å². The van der Waals surface area contributed by atoms with E-state index in [1.807, 2.05) is 0 Å². The molecule has 158 valence electrons. The molecule has 2 aromatic rings. The molecular formula is C26H37BrN2. The smallest absolute Gasteiger partial charge is 0.159 e. The molecule has 1 aliphatic rings. The van der Waals surface area contributed by atoms with Crippen molar-refractivity contribution >= 4 is 15.9 Å². The van der Waals surface area contributed by atoms with Crippen LogP contribution < -0.4 is 0 Å². The third-order valence-electron chi connectivity index (χ3n) is 6.57. The highest BCUT2D eigenvalue weighted by atomic mass is 79.9. The standard InChI is InChI=1S/C26H37BrN2/c1-3-5-7-9-20-11-13-21(14-12-20)24-18-28-26(29-19-24)23-16-15-22(25(27)17-23)10-8-6-4-2/h15-21H,3-14H2,1-2H3/t20-,21-. The van der Waals surface area contributed by atoms with Crippen LogP contribution in [0.1, 0.15) is 102 Å². The lowest BCUT2D eigenvalue weighted by Gasteiger charge is -2.28. The van der Waals surface area contributed by atoms with Gasteiger partial charge < -0.3 is 0 Å². The quantitative estimate of drug-likeness (QED) is 0.334. The second kappa shape index (κ2) is 11.8. The normalized spacial score (nSPS) is 19.4. The fourth-order valence-electron chi connectivity index (χ4n) is 4.62. The summed E-state index contributed by atoms with van der Waals surface area (Å²) < 4.78 is 1.18. The van der Waals surface area contributed by atoms with E-state index in [0.29, 0.717) is 5.92 Å². The second-order valence-electron chi connectivity index (χ2n) is 8.82. The SMILES string of the molecule is CCCCCc1ccc(-c2ncc([C@H]3CC[C@H](CCCCC)CC3)cn2)cc1Br. The van der Waals surface area contributed by atoms with Crippen molar-refractivity contribution in [1.29, 1.82) is 0 Å². The molecule has 1 aliphatic carbocycles. The molecule has 0 spiro atoms. The third kappa shape index (κ3) is 6.64. The van der Waals surface area contributed by atoms with Crippen LogP contribution in [0.4, 0.5) is 0 Å². The number of benzene rings is 1. The molecule has 0 N–H and O–H groups in total. The first-order valence-electron chi connectivity index (χ1n) is 11.8. The van der Waals surface area contributed by atoms with Crippen molar-refractivity contribution in [2.75, 3.05) is 0 Å². The molecule has 0 radical (unpaired) electrons. The van der Waals surface area contributed by atoms with Crippen LogP contribution in [0.3, 0.4) is 0 Å². The van der Waals surface area contributed by atoms with Crippen LogP contribution in [0.25, 0.3) is 11.4 Å². The van der Waals surface area contributed by atoms with Crippen molar-refractivity contribution in [3.05, 3.63) is 46.2 Å². The Bertz CT molecular complexity index is 733. The molecule has 0 aliphatic heterocycles. The van der Waals surface area contributed by atoms with Crippen molar-refractivity contribution in [3.63, 3.8) is 0 Å². The van der Waals surface area contributed by atoms with Gasteiger partial charge in [0.1, 0.15) is 0 Å². The lowest BCUT2D eigenvalue weighted by molar-refractivity contribution is 0.302. The monoisotopic (exact) mass is 456 g/mol. The van der Waals surface area contributed by atoms with Crippen LogP contribution >= 0.6 is 15.9 Å². The molecule has 1 heterocycles. The molecule has 29 heavy (non-hydrogen) atoms. The van der Waals surface area contributed by atoms with Gasteiger partial charge in [-0.05, 0) is 67.6 Å². The summed E-state index contributed by atoms with van der Waals surface area (Å²) in [6.07, 6.45) is 20.0. The van der Waals surface area contributed by atoms with Crippen LogP contribution in [-0.2, 0) is 6.42 Å². The Morgan fingerprint density at radius 1 is 0.897 bits per heavy atom. The molecule has 0 unspecified atom stereocenters. The Morgan fingerprint density at radius 3 is 2.24 bits per heavy atom. The van der Waals surface area contributed by atoms with Crippen molar-refractivity contribution in [3.8, 4) is 11.4 Å². The predicted octanol–water partition coefficient (Wildman–Crippen LogP) is 8.49. The van der Waals surface area contributed by atoms with E-state index in [4.69, 9.17) is 9.97 Å². The lowest BCUT2D eigenvalue weighted by Crippen LogP contribution is -2.14. The zero-order chi connectivity index (χ0) is 20.5. The fraction of sp³-hybridized carbons (Fsp3) is 0.615. The maximum atomic E-state index is 4.72. The van der Waals surface area contributed by atoms with Crippen molar-refractivity contribution in [2.24, 2.45) is 5.92 Å². The summed E-state index contributed by atoms with van der Waals surface area (Å²) in [5, 5.41) is 0. The summed E-state index contributed by atoms with van der Waals surface area (Å²) in [6, 6.07) is 6.58. The Balaban J connectivity index is 1.56. The van der Waals surface area contributed by atoms with E-state index in [-0.39, 0.29) is 0 Å². The van der Waals surface area contributed by atoms with E-state index in [1.54, 1.807) is 0 Å². The van der Waals surface area contributed by atoms with Gasteiger partial charge in [0.2, 0.25) is 0 Å². The van der Waals surface area contributed by atoms with Gasteiger partial charge in [-0.3, -0.25) is 0 Å². The van der Waals surface area contributed by atoms with Crippen LogP contribution in [0, 0.1) is 5.92 Å². The number of rotatable bonds is 10. The maximum absolute atomic E-state index is 4.72. The molecule has 3 heteroatoms. The molecule has 0 saturated heterocycles. The number of nitrogens with zero attached hydrogens (tertiary/aromatic N) is 2. The first-order valence-corrected chi connectivity index (χ1v) is 12.6. The van der Waals surface area contributed by atoms with Crippen LogP contribution in [-0.4, -0.2) is 9.97 Å². The number of hydrogen-bond donors (Lipinski definition) is 0. The minimum absolute atomic E-state index is 0.652. The summed E-state index contributed by atoms with van der Waals surface area (Å²) in [5.41, 5.74) is 3.81. The highest BCUT2D eigenvalue weighted by Crippen LogP contribution is 2.37. The average Bonchev–Trinajstić information content (AvgIpc) is 2.76. The van der Waals surface area contributed by atoms with Gasteiger partial charge in [-0.25, -0.2) is 9.97 Å². The molecule has 0 amide bonds. The van der Waals surface area contributed by atoms with Gasteiger partial charge in [0.15, 0.2) is 5.82 Å². The maximum Gasteiger partial charge on any atom is 0.159 e. The largest absolute Gasteiger partial charge is 0.236 e. The van der Waals surface area contributed by atoms with Crippen LogP contribution in [0.15, 0.2) is 35.1 Å². The average molecular weight is 458 g/mol. The van der Waals surface area contributed by atoms with E-state index < -0.39 is 0 Å². The first-order chi connectivity index (χ1) is 14.2. The highest BCUT2D eigenvalue weighted by molar-refractivity contribution is 9.10. The van der Waals surface area contributed by atoms with E-state index in [1.165, 1.54) is 86.2 Å². The van der Waals surface area contributed by atoms with E-state index in [0.717, 1.165) is 23.7 Å². The van der Waals surface area contributed by atoms with Gasteiger partial charge in [-0.1, -0.05) is 80.4 Å². The summed E-state index contributed by atoms with van der Waals surface area (Å²) in [6.45, 7) is 4.54. The summed E-state index contributed by atoms with van der Waals surface area (Å²) in [7, 11) is 0. The van der Waals surface area contributed by atoms with Gasteiger partial charge in [0.25, 0.3) is 0 Å². The zero-order valence-corrected chi connectivity index (χ0v) is 19.9. The molecular weight excluding hydrogens is 420 g/mol. The second-order valence-corrected chi connectivity index (χ2v) is 9.67. The van der Waals surface area contributed by atoms with Gasteiger partial charge in [-0.15, -0.1) is 0 Å². The molecule has 1 aromatic carbocycles. The number of hydrogen-bond acceptors (Lipinski definition) is 2. The van der Waals surface area contributed by atoms with Gasteiger partial charge >= 0.3 is 0 Å². The van der Waals surface area contributed by atoms with Gasteiger partial charge in [-0.2, -0.15) is 0 Å². The molecule has 1 aromatic heterocycles. The first kappa shape index (κ1) is 22.5. The van der Waals surface area contributed by atoms with E-state index >= 15 is 0 Å². The Hall–Kier alpha value is -1.22. The molecule has 0 atom stereocenters. The van der Waals surface area contributed by atoms with Gasteiger partial charge in [0.05, 0.1) is 0 Å². The fourth-order valence-corrected chi connectivity index (χ4v) is 5.20. The predicted molar refractivity (Wildman–Crippen MR) is 127 cm³/mol. The number of unbranched alkanes of at least 4 members (excludes halogenated alkanes) is 4. The number of halogens is 1. The number of aromatic nitrogens is 2. The molecule has 2 nitrogen and oxygen atoms in total. The number of aryl methyl sites for hydroxylation is 1. The minimum atomic E-state index is 0.652. The summed E-state index contributed by atoms with van der Waals surface area (Å²) >= 11 is 3.75. The zero-order valence-electron chi connectivity index (χ0n) is 18.3. The highest BCUT2D eigenvalue weighted by Gasteiger charge is 2.22. The van der Waals surface area contributed by atoms with Crippen molar-refractivity contribution in [1.82, 2.24) is 9.97 Å². The van der Waals surface area contributed by atoms with E-state index in [2.05, 4.69) is 60.4 Å². The summed E-state index contributed by atoms with van der Waals surface area (Å²) in [4.78, 5) is 9.44. The van der Waals surface area contributed by atoms with Crippen LogP contribution in [0.5, 0.6) is 0 Å². The molecule has 3 rings (SSSR count). The molecule has 1 fully saturated rings. The Morgan fingerprint density at radius 2 is 1.59 bits per heavy atom. The van der Waals surface area contributed by atoms with Crippen molar-refractivity contribution < 1.29 is 0 Å². The van der Waals surface area contributed by atoms with Crippen LogP contribution in [0.2, 0.25) is 0 Å². The van der Waals surface area contributed by atoms with Gasteiger partial charge in [0, 0.05) is 22.4 Å². The molecule has 1 saturated carbocycles. The minimum Gasteiger partial charge on any atom is -0.236 e. The Kier molecular flexibility index (Phi) is 9.17.